The molecule has 0 amide bonds. The normalized spacial score (nSPS) is 21.5. The first kappa shape index (κ1) is 12.3. The van der Waals surface area contributed by atoms with E-state index >= 15 is 0 Å². The average Bonchev–Trinajstić information content (AvgIpc) is 2.28. The Morgan fingerprint density at radius 3 is 2.94 bits per heavy atom. The third-order valence-electron chi connectivity index (χ3n) is 2.85. The Bertz CT molecular complexity index is 501. The summed E-state index contributed by atoms with van der Waals surface area (Å²) in [6.45, 7) is 1.18. The highest BCUT2D eigenvalue weighted by Gasteiger charge is 2.23. The summed E-state index contributed by atoms with van der Waals surface area (Å²) in [6.07, 6.45) is 3.95. The van der Waals surface area contributed by atoms with Gasteiger partial charge in [-0.25, -0.2) is 13.4 Å². The summed E-state index contributed by atoms with van der Waals surface area (Å²) in [6, 6.07) is 3.17. The quantitative estimate of drug-likeness (QED) is 0.831. The van der Waals surface area contributed by atoms with E-state index in [2.05, 4.69) is 4.98 Å². The summed E-state index contributed by atoms with van der Waals surface area (Å²) in [7, 11) is -3.29. The number of aromatic nitrogens is 1. The van der Waals surface area contributed by atoms with E-state index in [9.17, 15) is 13.5 Å². The molecule has 6 heteroatoms. The number of hydrogen-bond donors (Lipinski definition) is 1. The van der Waals surface area contributed by atoms with Crippen molar-refractivity contribution in [3.8, 4) is 0 Å². The predicted molar refractivity (Wildman–Crippen MR) is 64.8 cm³/mol. The molecule has 0 aromatic carbocycles. The van der Waals surface area contributed by atoms with Crippen LogP contribution in [0.25, 0.3) is 0 Å². The van der Waals surface area contributed by atoms with Crippen molar-refractivity contribution >= 4 is 15.7 Å². The summed E-state index contributed by atoms with van der Waals surface area (Å²) in [5.74, 6) is 0.453. The highest BCUT2D eigenvalue weighted by Crippen LogP contribution is 2.25. The maximum absolute atomic E-state index is 11.6. The molecule has 2 rings (SSSR count). The molecule has 1 aliphatic rings. The predicted octanol–water partition coefficient (Wildman–Crippen LogP) is 0.446. The molecule has 1 fully saturated rings. The number of nitrogens with zero attached hydrogens (tertiary/aromatic N) is 2. The molecule has 0 radical (unpaired) electrons. The zero-order valence-corrected chi connectivity index (χ0v) is 10.5. The van der Waals surface area contributed by atoms with Gasteiger partial charge in [-0.05, 0) is 25.0 Å². The van der Waals surface area contributed by atoms with E-state index in [1.165, 1.54) is 6.26 Å². The van der Waals surface area contributed by atoms with Crippen LogP contribution in [0.1, 0.15) is 12.8 Å². The molecule has 0 aliphatic carbocycles. The monoisotopic (exact) mass is 256 g/mol. The Morgan fingerprint density at radius 1 is 1.53 bits per heavy atom. The second-order valence-electron chi connectivity index (χ2n) is 4.34. The van der Waals surface area contributed by atoms with Gasteiger partial charge in [0.15, 0.2) is 9.84 Å². The van der Waals surface area contributed by atoms with Crippen molar-refractivity contribution < 1.29 is 13.5 Å². The van der Waals surface area contributed by atoms with Crippen molar-refractivity contribution in [3.05, 3.63) is 18.3 Å². The van der Waals surface area contributed by atoms with E-state index in [1.54, 1.807) is 18.3 Å². The molecular weight excluding hydrogens is 240 g/mol. The van der Waals surface area contributed by atoms with Gasteiger partial charge >= 0.3 is 0 Å². The highest BCUT2D eigenvalue weighted by molar-refractivity contribution is 7.90. The van der Waals surface area contributed by atoms with Gasteiger partial charge in [0.05, 0.1) is 6.10 Å². The Hall–Kier alpha value is -1.14. The molecule has 5 nitrogen and oxygen atoms in total. The highest BCUT2D eigenvalue weighted by atomic mass is 32.2. The number of sulfone groups is 1. The Balaban J connectivity index is 2.38. The third kappa shape index (κ3) is 2.76. The van der Waals surface area contributed by atoms with E-state index in [0.717, 1.165) is 19.4 Å². The molecule has 1 unspecified atom stereocenters. The molecule has 0 spiro atoms. The van der Waals surface area contributed by atoms with Crippen LogP contribution in [0.4, 0.5) is 5.82 Å². The van der Waals surface area contributed by atoms with Crippen LogP contribution in [-0.4, -0.2) is 44.0 Å². The van der Waals surface area contributed by atoms with E-state index in [0.29, 0.717) is 12.4 Å². The number of piperidine rings is 1. The Kier molecular flexibility index (Phi) is 3.35. The van der Waals surface area contributed by atoms with Crippen molar-refractivity contribution in [2.24, 2.45) is 0 Å². The van der Waals surface area contributed by atoms with Crippen LogP contribution >= 0.6 is 0 Å². The van der Waals surface area contributed by atoms with Crippen LogP contribution in [0.5, 0.6) is 0 Å². The molecule has 1 aliphatic heterocycles. The Labute approximate surface area is 101 Å². The van der Waals surface area contributed by atoms with Crippen molar-refractivity contribution in [2.75, 3.05) is 24.2 Å². The fourth-order valence-corrected chi connectivity index (χ4v) is 2.90. The molecule has 2 heterocycles. The minimum absolute atomic E-state index is 0.231. The van der Waals surface area contributed by atoms with Crippen LogP contribution in [0.3, 0.4) is 0 Å². The fraction of sp³-hybridized carbons (Fsp3) is 0.545. The van der Waals surface area contributed by atoms with Crippen LogP contribution < -0.4 is 4.90 Å². The molecular formula is C11H16N2O3S. The lowest BCUT2D eigenvalue weighted by atomic mass is 10.1. The zero-order valence-electron chi connectivity index (χ0n) is 9.70. The van der Waals surface area contributed by atoms with E-state index in [1.807, 2.05) is 4.90 Å². The number of aliphatic hydroxyl groups is 1. The van der Waals surface area contributed by atoms with Crippen LogP contribution in [0.15, 0.2) is 23.2 Å². The largest absolute Gasteiger partial charge is 0.391 e. The maximum Gasteiger partial charge on any atom is 0.179 e. The van der Waals surface area contributed by atoms with Gasteiger partial charge in [-0.2, -0.15) is 0 Å². The lowest BCUT2D eigenvalue weighted by Crippen LogP contribution is -2.39. The lowest BCUT2D eigenvalue weighted by Gasteiger charge is -2.31. The fourth-order valence-electron chi connectivity index (χ4n) is 2.06. The summed E-state index contributed by atoms with van der Waals surface area (Å²) in [5, 5.41) is 9.62. The smallest absolute Gasteiger partial charge is 0.179 e. The maximum atomic E-state index is 11.6. The topological polar surface area (TPSA) is 70.5 Å². The average molecular weight is 256 g/mol. The van der Waals surface area contributed by atoms with Gasteiger partial charge in [0.25, 0.3) is 0 Å². The molecule has 1 aromatic rings. The minimum Gasteiger partial charge on any atom is -0.391 e. The standard InChI is InChI=1S/C11H16N2O3S/c1-17(15,16)10-5-2-6-12-11(10)13-7-3-4-9(14)8-13/h2,5-6,9,14H,3-4,7-8H2,1H3. The van der Waals surface area contributed by atoms with Crippen LogP contribution in [-0.2, 0) is 9.84 Å². The second kappa shape index (κ2) is 4.62. The molecule has 1 aromatic heterocycles. The first-order chi connectivity index (χ1) is 7.98. The van der Waals surface area contributed by atoms with Crippen LogP contribution in [0.2, 0.25) is 0 Å². The van der Waals surface area contributed by atoms with Crippen molar-refractivity contribution in [1.82, 2.24) is 4.98 Å². The molecule has 0 saturated carbocycles. The molecule has 17 heavy (non-hydrogen) atoms. The first-order valence-electron chi connectivity index (χ1n) is 5.56. The lowest BCUT2D eigenvalue weighted by molar-refractivity contribution is 0.153. The molecule has 0 bridgehead atoms. The summed E-state index contributed by atoms with van der Waals surface area (Å²) in [4.78, 5) is 6.21. The SMILES string of the molecule is CS(=O)(=O)c1cccnc1N1CCCC(O)C1. The molecule has 1 atom stereocenters. The number of rotatable bonds is 2. The van der Waals surface area contributed by atoms with Gasteiger partial charge < -0.3 is 10.0 Å². The molecule has 1 saturated heterocycles. The molecule has 1 N–H and O–H groups in total. The van der Waals surface area contributed by atoms with Gasteiger partial charge in [0.2, 0.25) is 0 Å². The van der Waals surface area contributed by atoms with Gasteiger partial charge in [-0.1, -0.05) is 0 Å². The van der Waals surface area contributed by atoms with Gasteiger partial charge in [-0.15, -0.1) is 0 Å². The number of pyridine rings is 1. The number of anilines is 1. The summed E-state index contributed by atoms with van der Waals surface area (Å²) < 4.78 is 23.3. The first-order valence-corrected chi connectivity index (χ1v) is 7.46. The van der Waals surface area contributed by atoms with Crippen molar-refractivity contribution in [1.29, 1.82) is 0 Å². The van der Waals surface area contributed by atoms with Gasteiger partial charge in [0.1, 0.15) is 10.7 Å². The minimum atomic E-state index is -3.29. The van der Waals surface area contributed by atoms with E-state index in [-0.39, 0.29) is 4.90 Å². The van der Waals surface area contributed by atoms with E-state index in [4.69, 9.17) is 0 Å². The number of β-amino-alcohol motifs (C(OH)–C–C–N with tert-alkyl or cyclic N) is 1. The van der Waals surface area contributed by atoms with E-state index < -0.39 is 15.9 Å². The Morgan fingerprint density at radius 2 is 2.29 bits per heavy atom. The summed E-state index contributed by atoms with van der Waals surface area (Å²) >= 11 is 0. The third-order valence-corrected chi connectivity index (χ3v) is 3.96. The zero-order chi connectivity index (χ0) is 12.5. The van der Waals surface area contributed by atoms with Crippen molar-refractivity contribution in [2.45, 2.75) is 23.8 Å². The number of hydrogen-bond acceptors (Lipinski definition) is 5. The summed E-state index contributed by atoms with van der Waals surface area (Å²) in [5.41, 5.74) is 0. The second-order valence-corrected chi connectivity index (χ2v) is 6.32. The van der Waals surface area contributed by atoms with Gasteiger partial charge in [-0.3, -0.25) is 0 Å². The van der Waals surface area contributed by atoms with Gasteiger partial charge in [0, 0.05) is 25.5 Å². The van der Waals surface area contributed by atoms with Crippen LogP contribution in [0, 0.1) is 0 Å². The number of aliphatic hydroxyl groups excluding tert-OH is 1. The molecule has 94 valence electrons. The van der Waals surface area contributed by atoms with Crippen molar-refractivity contribution in [3.63, 3.8) is 0 Å².